The van der Waals surface area contributed by atoms with Crippen LogP contribution in [0.25, 0.3) is 10.2 Å². The van der Waals surface area contributed by atoms with Gasteiger partial charge in [0.15, 0.2) is 10.8 Å². The second-order valence-electron chi connectivity index (χ2n) is 3.81. The molecule has 0 fully saturated rings. The molecule has 0 bridgehead atoms. The molecule has 0 atom stereocenters. The maximum Gasteiger partial charge on any atom is 0.279 e. The second-order valence-corrected chi connectivity index (χ2v) is 4.84. The molecule has 6 heteroatoms. The van der Waals surface area contributed by atoms with Crippen LogP contribution in [-0.4, -0.2) is 21.0 Å². The van der Waals surface area contributed by atoms with Gasteiger partial charge in [0.25, 0.3) is 5.91 Å². The van der Waals surface area contributed by atoms with Crippen LogP contribution in [0.5, 0.6) is 5.75 Å². The number of amides is 1. The number of rotatable bonds is 2. The molecule has 2 N–H and O–H groups in total. The first kappa shape index (κ1) is 11.6. The van der Waals surface area contributed by atoms with Crippen LogP contribution in [0, 0.1) is 0 Å². The Morgan fingerprint density at radius 1 is 1.21 bits per heavy atom. The molecule has 0 aliphatic heterocycles. The quantitative estimate of drug-likeness (QED) is 0.751. The van der Waals surface area contributed by atoms with Gasteiger partial charge in [0.1, 0.15) is 5.75 Å². The van der Waals surface area contributed by atoms with Crippen LogP contribution in [-0.2, 0) is 0 Å². The summed E-state index contributed by atoms with van der Waals surface area (Å²) in [6.07, 6.45) is 1.45. The van der Waals surface area contributed by atoms with E-state index in [2.05, 4.69) is 15.3 Å². The SMILES string of the molecule is O=C(Nc1nc2ccccc2s1)c1ncccc1O. The van der Waals surface area contributed by atoms with Crippen molar-refractivity contribution >= 4 is 32.6 Å². The number of pyridine rings is 1. The van der Waals surface area contributed by atoms with Gasteiger partial charge in [0.2, 0.25) is 0 Å². The Bertz CT molecular complexity index is 721. The van der Waals surface area contributed by atoms with Crippen LogP contribution < -0.4 is 5.32 Å². The van der Waals surface area contributed by atoms with E-state index < -0.39 is 5.91 Å². The predicted molar refractivity (Wildman–Crippen MR) is 73.5 cm³/mol. The summed E-state index contributed by atoms with van der Waals surface area (Å²) in [7, 11) is 0. The van der Waals surface area contributed by atoms with E-state index in [1.165, 1.54) is 23.6 Å². The number of thiazole rings is 1. The van der Waals surface area contributed by atoms with E-state index in [1.807, 2.05) is 24.3 Å². The molecule has 2 aromatic heterocycles. The van der Waals surface area contributed by atoms with Gasteiger partial charge in [-0.1, -0.05) is 23.5 Å². The highest BCUT2D eigenvalue weighted by Crippen LogP contribution is 2.26. The maximum atomic E-state index is 11.9. The summed E-state index contributed by atoms with van der Waals surface area (Å²) in [5, 5.41) is 12.7. The Labute approximate surface area is 112 Å². The Morgan fingerprint density at radius 2 is 2.05 bits per heavy atom. The summed E-state index contributed by atoms with van der Waals surface area (Å²) in [5.74, 6) is -0.627. The Kier molecular flexibility index (Phi) is 2.85. The van der Waals surface area contributed by atoms with Gasteiger partial charge in [-0.15, -0.1) is 0 Å². The van der Waals surface area contributed by atoms with Crippen molar-refractivity contribution in [2.75, 3.05) is 5.32 Å². The van der Waals surface area contributed by atoms with Gasteiger partial charge in [-0.2, -0.15) is 0 Å². The second kappa shape index (κ2) is 4.66. The molecular weight excluding hydrogens is 262 g/mol. The molecule has 0 saturated carbocycles. The average Bonchev–Trinajstić information content (AvgIpc) is 2.81. The third-order valence-corrected chi connectivity index (χ3v) is 3.47. The monoisotopic (exact) mass is 271 g/mol. The third-order valence-electron chi connectivity index (χ3n) is 2.52. The van der Waals surface area contributed by atoms with Crippen molar-refractivity contribution in [2.45, 2.75) is 0 Å². The van der Waals surface area contributed by atoms with Gasteiger partial charge < -0.3 is 5.11 Å². The molecule has 5 nitrogen and oxygen atoms in total. The van der Waals surface area contributed by atoms with Crippen LogP contribution >= 0.6 is 11.3 Å². The van der Waals surface area contributed by atoms with Crippen molar-refractivity contribution < 1.29 is 9.90 Å². The number of carbonyl (C=O) groups excluding carboxylic acids is 1. The summed E-state index contributed by atoms with van der Waals surface area (Å²) in [6, 6.07) is 10.6. The van der Waals surface area contributed by atoms with E-state index in [1.54, 1.807) is 6.07 Å². The number of aromatic nitrogens is 2. The number of para-hydroxylation sites is 1. The minimum absolute atomic E-state index is 0.0123. The summed E-state index contributed by atoms with van der Waals surface area (Å²) in [6.45, 7) is 0. The number of aromatic hydroxyl groups is 1. The van der Waals surface area contributed by atoms with E-state index in [9.17, 15) is 9.90 Å². The summed E-state index contributed by atoms with van der Waals surface area (Å²) < 4.78 is 0.989. The first-order valence-corrected chi connectivity index (χ1v) is 6.36. The zero-order valence-electron chi connectivity index (χ0n) is 9.70. The number of nitrogens with one attached hydrogen (secondary N) is 1. The fourth-order valence-electron chi connectivity index (χ4n) is 1.65. The van der Waals surface area contributed by atoms with E-state index in [4.69, 9.17) is 0 Å². The molecule has 94 valence electrons. The highest BCUT2D eigenvalue weighted by Gasteiger charge is 2.14. The van der Waals surface area contributed by atoms with Crippen molar-refractivity contribution in [1.29, 1.82) is 0 Å². The van der Waals surface area contributed by atoms with E-state index >= 15 is 0 Å². The number of carbonyl (C=O) groups is 1. The highest BCUT2D eigenvalue weighted by molar-refractivity contribution is 7.22. The van der Waals surface area contributed by atoms with E-state index in [0.717, 1.165) is 10.2 Å². The zero-order valence-corrected chi connectivity index (χ0v) is 10.5. The molecule has 0 saturated heterocycles. The van der Waals surface area contributed by atoms with Gasteiger partial charge in [-0.05, 0) is 24.3 Å². The third kappa shape index (κ3) is 2.25. The molecule has 0 aliphatic rings. The summed E-state index contributed by atoms with van der Waals surface area (Å²) in [5.41, 5.74) is 0.815. The van der Waals surface area contributed by atoms with E-state index in [-0.39, 0.29) is 11.4 Å². The van der Waals surface area contributed by atoms with Gasteiger partial charge in [-0.3, -0.25) is 10.1 Å². The van der Waals surface area contributed by atoms with Crippen LogP contribution in [0.2, 0.25) is 0 Å². The topological polar surface area (TPSA) is 75.1 Å². The lowest BCUT2D eigenvalue weighted by Crippen LogP contribution is -2.13. The fourth-order valence-corrected chi connectivity index (χ4v) is 2.51. The lowest BCUT2D eigenvalue weighted by Gasteiger charge is -2.01. The van der Waals surface area contributed by atoms with Crippen molar-refractivity contribution in [3.63, 3.8) is 0 Å². The molecular formula is C13H9N3O2S. The normalized spacial score (nSPS) is 10.5. The maximum absolute atomic E-state index is 11.9. The molecule has 0 radical (unpaired) electrons. The molecule has 3 rings (SSSR count). The smallest absolute Gasteiger partial charge is 0.279 e. The van der Waals surface area contributed by atoms with Gasteiger partial charge in [0, 0.05) is 6.20 Å². The van der Waals surface area contributed by atoms with Crippen molar-refractivity contribution in [3.05, 3.63) is 48.3 Å². The van der Waals surface area contributed by atoms with Crippen molar-refractivity contribution in [1.82, 2.24) is 9.97 Å². The standard InChI is InChI=1S/C13H9N3O2S/c17-9-5-3-7-14-11(9)12(18)16-13-15-8-4-1-2-6-10(8)19-13/h1-7,17H,(H,15,16,18). The summed E-state index contributed by atoms with van der Waals surface area (Å²) in [4.78, 5) is 20.1. The van der Waals surface area contributed by atoms with Crippen LogP contribution in [0.1, 0.15) is 10.5 Å². The van der Waals surface area contributed by atoms with Gasteiger partial charge in [-0.25, -0.2) is 9.97 Å². The number of fused-ring (bicyclic) bond motifs is 1. The van der Waals surface area contributed by atoms with Crippen LogP contribution in [0.3, 0.4) is 0 Å². The Balaban J connectivity index is 1.89. The Hall–Kier alpha value is -2.47. The molecule has 0 spiro atoms. The summed E-state index contributed by atoms with van der Waals surface area (Å²) >= 11 is 1.37. The van der Waals surface area contributed by atoms with Crippen molar-refractivity contribution in [2.24, 2.45) is 0 Å². The number of anilines is 1. The fraction of sp³-hybridized carbons (Fsp3) is 0. The lowest BCUT2D eigenvalue weighted by atomic mass is 10.3. The molecule has 1 amide bonds. The first-order chi connectivity index (χ1) is 9.24. The molecule has 0 aliphatic carbocycles. The number of nitrogens with zero attached hydrogens (tertiary/aromatic N) is 2. The van der Waals surface area contributed by atoms with Crippen molar-refractivity contribution in [3.8, 4) is 5.75 Å². The minimum Gasteiger partial charge on any atom is -0.505 e. The van der Waals surface area contributed by atoms with Gasteiger partial charge in [0.05, 0.1) is 10.2 Å². The van der Waals surface area contributed by atoms with Gasteiger partial charge >= 0.3 is 0 Å². The van der Waals surface area contributed by atoms with E-state index in [0.29, 0.717) is 5.13 Å². The molecule has 19 heavy (non-hydrogen) atoms. The lowest BCUT2D eigenvalue weighted by molar-refractivity contribution is 0.101. The molecule has 3 aromatic rings. The molecule has 2 heterocycles. The minimum atomic E-state index is -0.475. The first-order valence-electron chi connectivity index (χ1n) is 5.55. The average molecular weight is 271 g/mol. The number of hydrogen-bond acceptors (Lipinski definition) is 5. The number of benzene rings is 1. The van der Waals surface area contributed by atoms with Crippen LogP contribution in [0.4, 0.5) is 5.13 Å². The molecule has 1 aromatic carbocycles. The molecule has 0 unspecified atom stereocenters. The predicted octanol–water partition coefficient (Wildman–Crippen LogP) is 2.65. The highest BCUT2D eigenvalue weighted by atomic mass is 32.1. The Morgan fingerprint density at radius 3 is 2.84 bits per heavy atom. The zero-order chi connectivity index (χ0) is 13.2. The van der Waals surface area contributed by atoms with Crippen LogP contribution in [0.15, 0.2) is 42.6 Å². The largest absolute Gasteiger partial charge is 0.505 e. The number of hydrogen-bond donors (Lipinski definition) is 2.